The number of ether oxygens (including phenoxy) is 1. The average Bonchev–Trinajstić information content (AvgIpc) is 3.13. The fourth-order valence-corrected chi connectivity index (χ4v) is 4.42. The molecule has 4 rings (SSSR count). The first kappa shape index (κ1) is 24.6. The number of hydrogen-bond donors (Lipinski definition) is 2. The van der Waals surface area contributed by atoms with Gasteiger partial charge in [0.05, 0.1) is 5.56 Å². The number of rotatable bonds is 6. The molecule has 0 atom stereocenters. The average molecular weight is 485 g/mol. The monoisotopic (exact) mass is 484 g/mol. The second kappa shape index (κ2) is 10.8. The van der Waals surface area contributed by atoms with E-state index in [1.54, 1.807) is 24.3 Å². The van der Waals surface area contributed by atoms with Gasteiger partial charge in [-0.1, -0.05) is 43.9 Å². The number of hydrogen-bond acceptors (Lipinski definition) is 3. The molecule has 0 saturated heterocycles. The van der Waals surface area contributed by atoms with Crippen LogP contribution in [0.5, 0.6) is 11.5 Å². The maximum Gasteiger partial charge on any atom is 0.417 e. The summed E-state index contributed by atoms with van der Waals surface area (Å²) in [5.41, 5.74) is -1.73. The van der Waals surface area contributed by atoms with Gasteiger partial charge in [-0.15, -0.1) is 0 Å². The van der Waals surface area contributed by atoms with Gasteiger partial charge in [0.15, 0.2) is 0 Å². The van der Waals surface area contributed by atoms with Gasteiger partial charge in [0.25, 0.3) is 11.5 Å². The summed E-state index contributed by atoms with van der Waals surface area (Å²) >= 11 is 0. The van der Waals surface area contributed by atoms with Crippen LogP contribution in [0.4, 0.5) is 13.2 Å². The quantitative estimate of drug-likeness (QED) is 0.390. The molecule has 35 heavy (non-hydrogen) atoms. The van der Waals surface area contributed by atoms with E-state index in [-0.39, 0.29) is 11.5 Å². The van der Waals surface area contributed by atoms with Crippen LogP contribution in [-0.4, -0.2) is 10.9 Å². The molecule has 2 aromatic carbocycles. The van der Waals surface area contributed by atoms with E-state index < -0.39 is 35.3 Å². The molecule has 1 aromatic heterocycles. The Hall–Kier alpha value is -3.55. The molecular formula is C27H27F3N2O3. The highest BCUT2D eigenvalue weighted by Crippen LogP contribution is 2.35. The predicted octanol–water partition coefficient (Wildman–Crippen LogP) is 6.55. The number of alkyl halides is 3. The summed E-state index contributed by atoms with van der Waals surface area (Å²) in [6.07, 6.45) is 0.777. The number of para-hydroxylation sites is 1. The zero-order valence-electron chi connectivity index (χ0n) is 19.2. The summed E-state index contributed by atoms with van der Waals surface area (Å²) in [5, 5.41) is 2.45. The number of benzene rings is 2. The Kier molecular flexibility index (Phi) is 7.58. The van der Waals surface area contributed by atoms with Crippen LogP contribution in [0, 0.1) is 0 Å². The molecule has 1 aliphatic carbocycles. The number of carbonyl (C=O) groups is 1. The number of amides is 1. The predicted molar refractivity (Wildman–Crippen MR) is 127 cm³/mol. The van der Waals surface area contributed by atoms with E-state index in [1.165, 1.54) is 12.1 Å². The molecule has 8 heteroatoms. The van der Waals surface area contributed by atoms with E-state index in [9.17, 15) is 22.8 Å². The topological polar surface area (TPSA) is 71.2 Å². The molecule has 2 N–H and O–H groups in total. The fourth-order valence-electron chi connectivity index (χ4n) is 4.42. The fraction of sp³-hybridized carbons (Fsp3) is 0.333. The van der Waals surface area contributed by atoms with Gasteiger partial charge in [-0.3, -0.25) is 9.59 Å². The van der Waals surface area contributed by atoms with E-state index in [0.717, 1.165) is 44.6 Å². The number of nitrogens with one attached hydrogen (secondary N) is 2. The molecule has 1 heterocycles. The van der Waals surface area contributed by atoms with E-state index in [2.05, 4.69) is 10.3 Å². The Morgan fingerprint density at radius 3 is 2.20 bits per heavy atom. The summed E-state index contributed by atoms with van der Waals surface area (Å²) in [6, 6.07) is 16.4. The van der Waals surface area contributed by atoms with Gasteiger partial charge in [0, 0.05) is 23.4 Å². The van der Waals surface area contributed by atoms with Crippen molar-refractivity contribution in [2.24, 2.45) is 0 Å². The maximum absolute atomic E-state index is 13.8. The lowest BCUT2D eigenvalue weighted by Gasteiger charge is -2.19. The molecule has 3 aromatic rings. The summed E-state index contributed by atoms with van der Waals surface area (Å²) in [5.74, 6) is 0.469. The van der Waals surface area contributed by atoms with Crippen LogP contribution in [0.25, 0.3) is 0 Å². The van der Waals surface area contributed by atoms with Gasteiger partial charge in [-0.25, -0.2) is 0 Å². The molecule has 0 spiro atoms. The Labute approximate surface area is 201 Å². The number of carbonyl (C=O) groups excluding carboxylic acids is 1. The van der Waals surface area contributed by atoms with E-state index >= 15 is 0 Å². The minimum absolute atomic E-state index is 0.0911. The second-order valence-electron chi connectivity index (χ2n) is 8.75. The van der Waals surface area contributed by atoms with Crippen molar-refractivity contribution in [1.29, 1.82) is 0 Å². The molecule has 1 fully saturated rings. The van der Waals surface area contributed by atoms with Gasteiger partial charge in [0.1, 0.15) is 11.5 Å². The summed E-state index contributed by atoms with van der Waals surface area (Å²) in [7, 11) is 0. The molecule has 5 nitrogen and oxygen atoms in total. The van der Waals surface area contributed by atoms with Crippen LogP contribution in [0.15, 0.2) is 65.5 Å². The first-order valence-corrected chi connectivity index (χ1v) is 11.8. The molecular weight excluding hydrogens is 457 g/mol. The Morgan fingerprint density at radius 1 is 0.943 bits per heavy atom. The second-order valence-corrected chi connectivity index (χ2v) is 8.75. The van der Waals surface area contributed by atoms with Gasteiger partial charge in [-0.2, -0.15) is 13.2 Å². The van der Waals surface area contributed by atoms with Crippen molar-refractivity contribution in [3.8, 4) is 11.5 Å². The Balaban J connectivity index is 1.48. The summed E-state index contributed by atoms with van der Waals surface area (Å²) in [4.78, 5) is 27.9. The van der Waals surface area contributed by atoms with Gasteiger partial charge in [-0.05, 0) is 61.2 Å². The van der Waals surface area contributed by atoms with Gasteiger partial charge >= 0.3 is 6.18 Å². The van der Waals surface area contributed by atoms with Gasteiger partial charge < -0.3 is 15.0 Å². The molecule has 0 unspecified atom stereocenters. The van der Waals surface area contributed by atoms with Crippen LogP contribution in [0.2, 0.25) is 0 Å². The molecule has 0 radical (unpaired) electrons. The third-order valence-corrected chi connectivity index (χ3v) is 6.28. The lowest BCUT2D eigenvalue weighted by Crippen LogP contribution is -2.30. The van der Waals surface area contributed by atoms with Crippen molar-refractivity contribution in [3.05, 3.63) is 93.4 Å². The van der Waals surface area contributed by atoms with E-state index in [4.69, 9.17) is 4.74 Å². The van der Waals surface area contributed by atoms with Crippen LogP contribution < -0.4 is 15.6 Å². The number of H-pyrrole nitrogens is 1. The zero-order valence-corrected chi connectivity index (χ0v) is 19.2. The first-order valence-electron chi connectivity index (χ1n) is 11.8. The van der Waals surface area contributed by atoms with Crippen LogP contribution >= 0.6 is 0 Å². The van der Waals surface area contributed by atoms with E-state index in [0.29, 0.717) is 17.2 Å². The lowest BCUT2D eigenvalue weighted by molar-refractivity contribution is -0.138. The zero-order chi connectivity index (χ0) is 24.8. The van der Waals surface area contributed by atoms with Crippen LogP contribution in [0.1, 0.15) is 71.6 Å². The summed E-state index contributed by atoms with van der Waals surface area (Å²) in [6.45, 7) is -0.532. The van der Waals surface area contributed by atoms with Crippen molar-refractivity contribution in [3.63, 3.8) is 0 Å². The Bertz CT molecular complexity index is 1200. The molecule has 0 bridgehead atoms. The third kappa shape index (κ3) is 6.32. The highest BCUT2D eigenvalue weighted by atomic mass is 19.4. The van der Waals surface area contributed by atoms with E-state index in [1.807, 2.05) is 18.2 Å². The highest BCUT2D eigenvalue weighted by molar-refractivity contribution is 5.94. The minimum atomic E-state index is -4.70. The standard InChI is InChI=1S/C27H27F3N2O3/c28-27(29,30)23-16-24(18-8-4-1-2-5-9-18)32-26(34)22(23)17-31-25(33)19-12-14-21(15-13-19)35-20-10-6-3-7-11-20/h3,6-7,10-16,18H,1-2,4-5,8-9,17H2,(H,31,33)(H,32,34). The minimum Gasteiger partial charge on any atom is -0.457 e. The van der Waals surface area contributed by atoms with Crippen molar-refractivity contribution in [2.75, 3.05) is 0 Å². The van der Waals surface area contributed by atoms with Gasteiger partial charge in [0.2, 0.25) is 0 Å². The van der Waals surface area contributed by atoms with Crippen molar-refractivity contribution < 1.29 is 22.7 Å². The molecule has 0 aliphatic heterocycles. The molecule has 1 aliphatic rings. The Morgan fingerprint density at radius 2 is 1.57 bits per heavy atom. The number of halogens is 3. The SMILES string of the molecule is O=C(NCc1c(C(F)(F)F)cc(C2CCCCCC2)[nH]c1=O)c1ccc(Oc2ccccc2)cc1. The van der Waals surface area contributed by atoms with Crippen molar-refractivity contribution in [1.82, 2.24) is 10.3 Å². The lowest BCUT2D eigenvalue weighted by atomic mass is 9.94. The third-order valence-electron chi connectivity index (χ3n) is 6.28. The van der Waals surface area contributed by atoms with Crippen molar-refractivity contribution >= 4 is 5.91 Å². The molecule has 1 amide bonds. The van der Waals surface area contributed by atoms with Crippen LogP contribution in [0.3, 0.4) is 0 Å². The normalized spacial score (nSPS) is 14.8. The largest absolute Gasteiger partial charge is 0.457 e. The number of aromatic nitrogens is 1. The maximum atomic E-state index is 13.8. The number of pyridine rings is 1. The molecule has 184 valence electrons. The summed E-state index contributed by atoms with van der Waals surface area (Å²) < 4.78 is 47.2. The smallest absolute Gasteiger partial charge is 0.417 e. The van der Waals surface area contributed by atoms with Crippen LogP contribution in [-0.2, 0) is 12.7 Å². The molecule has 1 saturated carbocycles. The van der Waals surface area contributed by atoms with Crippen molar-refractivity contribution in [2.45, 2.75) is 57.2 Å². The highest BCUT2D eigenvalue weighted by Gasteiger charge is 2.36. The number of aromatic amines is 1. The first-order chi connectivity index (χ1) is 16.8.